The minimum absolute atomic E-state index is 0. The predicted octanol–water partition coefficient (Wildman–Crippen LogP) is 9.96. The molecule has 1 aliphatic carbocycles. The predicted molar refractivity (Wildman–Crippen MR) is 253 cm³/mol. The molecule has 1 heterocycles. The average molecular weight is 907 g/mol. The summed E-state index contributed by atoms with van der Waals surface area (Å²) < 4.78 is 5.63. The van der Waals surface area contributed by atoms with Gasteiger partial charge in [-0.05, 0) is 99.5 Å². The molecule has 0 unspecified atom stereocenters. The number of nitrogens with zero attached hydrogens (tertiary/aromatic N) is 2. The van der Waals surface area contributed by atoms with Crippen molar-refractivity contribution in [2.24, 2.45) is 0 Å². The van der Waals surface area contributed by atoms with Crippen LogP contribution in [0.1, 0.15) is 93.9 Å². The van der Waals surface area contributed by atoms with E-state index in [0.29, 0.717) is 64.1 Å². The molecular formula is C49H62ClF2N5O7. The van der Waals surface area contributed by atoms with Gasteiger partial charge < -0.3 is 40.6 Å². The number of halogens is 3. The first kappa shape index (κ1) is 51.1. The number of pyridine rings is 1. The van der Waals surface area contributed by atoms with Crippen LogP contribution in [0.25, 0.3) is 22.0 Å². The fraction of sp³-hybridized carbons (Fsp3) is 0.408. The average Bonchev–Trinajstić information content (AvgIpc) is 3.26. The van der Waals surface area contributed by atoms with E-state index in [-0.39, 0.29) is 51.1 Å². The van der Waals surface area contributed by atoms with Crippen LogP contribution in [0, 0.1) is 0 Å². The number of benzene rings is 4. The minimum Gasteiger partial charge on any atom is -0.506 e. The molecule has 0 saturated heterocycles. The van der Waals surface area contributed by atoms with Crippen LogP contribution in [0.4, 0.5) is 25.6 Å². The largest absolute Gasteiger partial charge is 0.506 e. The summed E-state index contributed by atoms with van der Waals surface area (Å²) in [5, 5.41) is 38.9. The molecule has 6 N–H and O–H groups in total. The van der Waals surface area contributed by atoms with Crippen molar-refractivity contribution in [3.8, 4) is 22.6 Å². The number of carbonyl (C=O) groups is 2. The standard InChI is InChI=1S/C49H60ClN5O7.2FH/c1-4-5-6-10-26-54(2)35-17-19-36(20-18-35)55(49(60)61)42-27-32(16-21-37(42)33-13-8-7-9-14-33)12-11-15-46(58)52-41-29-45(62-3)34(28-40(41)50)30-51-31-44(57)38-22-24-43(56)48-39(38)23-25-47(59)53-48;;/h7-9,13-14,16,21-25,27-29,35-36,44,51,56-57H,4-6,10-12,15,17-20,26,30-31H2,1-3H3,(H,52,58)(H,53,59)(H,60,61);2*1H/t35?,36?,44-;;/m0../s1. The van der Waals surface area contributed by atoms with Crippen molar-refractivity contribution in [2.45, 2.75) is 102 Å². The van der Waals surface area contributed by atoms with E-state index in [9.17, 15) is 29.7 Å². The molecule has 0 radical (unpaired) electrons. The number of anilines is 2. The number of aromatic hydroxyl groups is 1. The second kappa shape index (κ2) is 24.5. The van der Waals surface area contributed by atoms with Gasteiger partial charge in [0.05, 0.1) is 35.1 Å². The Hall–Kier alpha value is -5.54. The maximum atomic E-state index is 13.3. The summed E-state index contributed by atoms with van der Waals surface area (Å²) in [6, 6.07) is 25.6. The number of amides is 2. The third-order valence-corrected chi connectivity index (χ3v) is 12.4. The van der Waals surface area contributed by atoms with Gasteiger partial charge in [0.25, 0.3) is 0 Å². The number of unbranched alkanes of at least 4 members (excludes halogenated alkanes) is 3. The van der Waals surface area contributed by atoms with Crippen molar-refractivity contribution in [2.75, 3.05) is 37.5 Å². The van der Waals surface area contributed by atoms with Crippen LogP contribution in [0.2, 0.25) is 5.02 Å². The molecule has 0 spiro atoms. The molecule has 1 saturated carbocycles. The molecule has 6 rings (SSSR count). The van der Waals surface area contributed by atoms with Gasteiger partial charge in [-0.25, -0.2) is 4.79 Å². The second-order valence-electron chi connectivity index (χ2n) is 16.4. The van der Waals surface area contributed by atoms with Crippen molar-refractivity contribution >= 4 is 45.9 Å². The first-order valence-corrected chi connectivity index (χ1v) is 22.2. The molecule has 1 aromatic heterocycles. The molecule has 5 aromatic rings. The third-order valence-electron chi connectivity index (χ3n) is 12.1. The van der Waals surface area contributed by atoms with Crippen LogP contribution >= 0.6 is 11.6 Å². The fourth-order valence-electron chi connectivity index (χ4n) is 8.66. The minimum atomic E-state index is -0.954. The highest BCUT2D eigenvalue weighted by Crippen LogP contribution is 2.38. The number of nitrogens with one attached hydrogen (secondary N) is 3. The van der Waals surface area contributed by atoms with Crippen molar-refractivity contribution < 1.29 is 39.1 Å². The zero-order valence-corrected chi connectivity index (χ0v) is 37.5. The zero-order valence-electron chi connectivity index (χ0n) is 36.8. The highest BCUT2D eigenvalue weighted by molar-refractivity contribution is 6.33. The Labute approximate surface area is 378 Å². The molecule has 346 valence electrons. The van der Waals surface area contributed by atoms with Gasteiger partial charge in [-0.2, -0.15) is 0 Å². The Balaban J connectivity index is 0.00000449. The van der Waals surface area contributed by atoms with E-state index in [1.165, 1.54) is 44.9 Å². The Morgan fingerprint density at radius 2 is 1.66 bits per heavy atom. The maximum absolute atomic E-state index is 13.3. The molecule has 1 fully saturated rings. The number of carbonyl (C=O) groups excluding carboxylic acids is 1. The number of aromatic amines is 1. The molecule has 1 aliphatic rings. The Morgan fingerprint density at radius 1 is 0.922 bits per heavy atom. The smallest absolute Gasteiger partial charge is 0.412 e. The van der Waals surface area contributed by atoms with Crippen LogP contribution in [0.3, 0.4) is 0 Å². The number of rotatable bonds is 20. The van der Waals surface area contributed by atoms with Crippen LogP contribution in [0.5, 0.6) is 11.5 Å². The number of phenolic OH excluding ortho intramolecular Hbond substituents is 1. The lowest BCUT2D eigenvalue weighted by Crippen LogP contribution is -2.45. The van der Waals surface area contributed by atoms with Crippen LogP contribution < -0.4 is 25.8 Å². The highest BCUT2D eigenvalue weighted by Gasteiger charge is 2.33. The topological polar surface area (TPSA) is 167 Å². The molecule has 1 atom stereocenters. The first-order valence-electron chi connectivity index (χ1n) is 21.8. The monoisotopic (exact) mass is 905 g/mol. The van der Waals surface area contributed by atoms with Gasteiger partial charge in [-0.1, -0.05) is 86.3 Å². The van der Waals surface area contributed by atoms with Gasteiger partial charge in [0.1, 0.15) is 11.5 Å². The van der Waals surface area contributed by atoms with Crippen molar-refractivity contribution in [1.29, 1.82) is 0 Å². The van der Waals surface area contributed by atoms with E-state index in [1.54, 1.807) is 29.2 Å². The summed E-state index contributed by atoms with van der Waals surface area (Å²) in [5.41, 5.74) is 5.02. The molecule has 0 aliphatic heterocycles. The van der Waals surface area contributed by atoms with Gasteiger partial charge in [0.2, 0.25) is 11.5 Å². The van der Waals surface area contributed by atoms with E-state index in [0.717, 1.165) is 48.9 Å². The summed E-state index contributed by atoms with van der Waals surface area (Å²) in [5.74, 6) is 0.196. The van der Waals surface area contributed by atoms with Gasteiger partial charge in [-0.15, -0.1) is 0 Å². The lowest BCUT2D eigenvalue weighted by atomic mass is 9.88. The van der Waals surface area contributed by atoms with Crippen LogP contribution in [-0.2, 0) is 17.8 Å². The molecule has 0 bridgehead atoms. The summed E-state index contributed by atoms with van der Waals surface area (Å²) in [7, 11) is 3.73. The molecule has 64 heavy (non-hydrogen) atoms. The number of aliphatic hydroxyl groups is 1. The number of aryl methyl sites for hydroxylation is 1. The number of H-pyrrole nitrogens is 1. The maximum Gasteiger partial charge on any atom is 0.412 e. The Kier molecular flexibility index (Phi) is 19.6. The number of methoxy groups -OCH3 is 1. The number of ether oxygens (including phenoxy) is 1. The van der Waals surface area contributed by atoms with Crippen molar-refractivity contribution in [1.82, 2.24) is 15.2 Å². The van der Waals surface area contributed by atoms with E-state index in [1.807, 2.05) is 48.5 Å². The number of aromatic nitrogens is 1. The van der Waals surface area contributed by atoms with Gasteiger partial charge in [0, 0.05) is 60.2 Å². The molecule has 2 amide bonds. The van der Waals surface area contributed by atoms with Crippen LogP contribution in [0.15, 0.2) is 89.7 Å². The zero-order chi connectivity index (χ0) is 44.2. The number of phenols is 1. The Morgan fingerprint density at radius 3 is 2.36 bits per heavy atom. The summed E-state index contributed by atoms with van der Waals surface area (Å²) in [6.45, 7) is 3.75. The van der Waals surface area contributed by atoms with E-state index in [2.05, 4.69) is 34.5 Å². The third kappa shape index (κ3) is 13.0. The summed E-state index contributed by atoms with van der Waals surface area (Å²) in [6.07, 6.45) is 7.84. The van der Waals surface area contributed by atoms with Gasteiger partial charge in [0.15, 0.2) is 0 Å². The lowest BCUT2D eigenvalue weighted by molar-refractivity contribution is -0.116. The summed E-state index contributed by atoms with van der Waals surface area (Å²) >= 11 is 6.66. The number of carboxylic acid groups (broad SMARTS) is 1. The van der Waals surface area contributed by atoms with Crippen LogP contribution in [-0.4, -0.2) is 76.5 Å². The van der Waals surface area contributed by atoms with E-state index in [4.69, 9.17) is 16.3 Å². The van der Waals surface area contributed by atoms with E-state index < -0.39 is 12.2 Å². The van der Waals surface area contributed by atoms with E-state index >= 15 is 0 Å². The Bertz CT molecular complexity index is 2360. The molecule has 15 heteroatoms. The quantitative estimate of drug-likeness (QED) is 0.0417. The van der Waals surface area contributed by atoms with Gasteiger partial charge >= 0.3 is 6.09 Å². The fourth-order valence-corrected chi connectivity index (χ4v) is 8.90. The SMILES string of the molecule is CCCCCCN(C)C1CCC(N(C(=O)O)c2cc(CCCC(=O)Nc3cc(OC)c(CNC[C@H](O)c4ccc(O)c5[nH]c(=O)ccc45)cc3Cl)ccc2-c2ccccc2)CC1.F.F. The highest BCUT2D eigenvalue weighted by atomic mass is 35.5. The second-order valence-corrected chi connectivity index (χ2v) is 16.8. The molecule has 4 aromatic carbocycles. The van der Waals surface area contributed by atoms with Crippen molar-refractivity contribution in [3.05, 3.63) is 117 Å². The lowest BCUT2D eigenvalue weighted by Gasteiger charge is -2.39. The van der Waals surface area contributed by atoms with Crippen molar-refractivity contribution in [3.63, 3.8) is 0 Å². The number of fused-ring (bicyclic) bond motifs is 1. The number of hydrogen-bond donors (Lipinski definition) is 6. The number of aliphatic hydroxyl groups excluding tert-OH is 1. The molecular weight excluding hydrogens is 844 g/mol. The number of hydrogen-bond acceptors (Lipinski definition) is 8. The first-order chi connectivity index (χ1) is 30.0. The van der Waals surface area contributed by atoms with Gasteiger partial charge in [-0.3, -0.25) is 23.9 Å². The normalized spacial score (nSPS) is 15.2. The summed E-state index contributed by atoms with van der Waals surface area (Å²) in [4.78, 5) is 44.8. The molecule has 12 nitrogen and oxygen atoms in total.